The quantitative estimate of drug-likeness (QED) is 0.147. The number of nitrogen functional groups attached to an aromatic ring is 1. The molecule has 7 nitrogen and oxygen atoms in total. The summed E-state index contributed by atoms with van der Waals surface area (Å²) in [7, 11) is 0. The molecule has 4 aromatic rings. The van der Waals surface area contributed by atoms with Crippen LogP contribution in [0.25, 0.3) is 32.6 Å². The van der Waals surface area contributed by atoms with Crippen LogP contribution in [0.1, 0.15) is 32.3 Å². The lowest BCUT2D eigenvalue weighted by molar-refractivity contribution is -0.126. The normalized spacial score (nSPS) is 15.2. The minimum atomic E-state index is -0.422. The largest absolute Gasteiger partial charge is 0.398 e. The molecule has 2 heterocycles. The summed E-state index contributed by atoms with van der Waals surface area (Å²) in [6.45, 7) is 19.2. The maximum absolute atomic E-state index is 14.4. The minimum Gasteiger partial charge on any atom is -0.398 e. The van der Waals surface area contributed by atoms with E-state index < -0.39 is 5.56 Å². The van der Waals surface area contributed by atoms with Gasteiger partial charge in [0.1, 0.15) is 0 Å². The van der Waals surface area contributed by atoms with E-state index in [1.54, 1.807) is 21.6 Å². The number of hydrogen-bond acceptors (Lipinski definition) is 4. The number of aromatic nitrogens is 1. The van der Waals surface area contributed by atoms with E-state index in [9.17, 15) is 9.59 Å². The Hall–Kier alpha value is -4.25. The highest BCUT2D eigenvalue weighted by atomic mass is 35.5. The van der Waals surface area contributed by atoms with Gasteiger partial charge in [0.05, 0.1) is 23.5 Å². The lowest BCUT2D eigenvalue weighted by Gasteiger charge is -2.42. The molecular weight excluding hydrogens is 569 g/mol. The van der Waals surface area contributed by atoms with Crippen molar-refractivity contribution >= 4 is 57.1 Å². The molecule has 1 atom stereocenters. The van der Waals surface area contributed by atoms with Gasteiger partial charge in [-0.2, -0.15) is 0 Å². The molecule has 1 fully saturated rings. The van der Waals surface area contributed by atoms with Crippen LogP contribution >= 0.6 is 23.2 Å². The van der Waals surface area contributed by atoms with E-state index in [4.69, 9.17) is 35.5 Å². The Morgan fingerprint density at radius 1 is 1.12 bits per heavy atom. The van der Waals surface area contributed by atoms with Crippen LogP contribution < -0.4 is 16.2 Å². The average molecular weight is 601 g/mol. The summed E-state index contributed by atoms with van der Waals surface area (Å²) in [5.41, 5.74) is 10.5. The number of amides is 1. The number of pyridine rings is 1. The van der Waals surface area contributed by atoms with Crippen molar-refractivity contribution < 1.29 is 4.79 Å². The molecule has 3 aromatic carbocycles. The fraction of sp³-hybridized carbons (Fsp3) is 0.242. The van der Waals surface area contributed by atoms with Crippen molar-refractivity contribution in [3.63, 3.8) is 0 Å². The van der Waals surface area contributed by atoms with Gasteiger partial charge in [-0.3, -0.25) is 14.2 Å². The zero-order valence-electron chi connectivity index (χ0n) is 23.7. The van der Waals surface area contributed by atoms with Crippen LogP contribution in [0.5, 0.6) is 0 Å². The predicted molar refractivity (Wildman–Crippen MR) is 173 cm³/mol. The van der Waals surface area contributed by atoms with Crippen molar-refractivity contribution in [3.8, 4) is 16.8 Å². The molecule has 1 aliphatic heterocycles. The van der Waals surface area contributed by atoms with E-state index in [1.165, 1.54) is 6.08 Å². The summed E-state index contributed by atoms with van der Waals surface area (Å²) < 4.78 is 1.62. The SMILES string of the molecule is [C-]#[N+]c1c(N2CCN(C(=O)C=C)C[C@@H]2C)c2cc(Cl)c(-c3ccc(Cl)cc3N)cc2n(-c2ccccc2C(C)C)c1=O. The molecule has 0 saturated carbocycles. The molecule has 0 spiro atoms. The Morgan fingerprint density at radius 3 is 2.50 bits per heavy atom. The number of carbonyl (C=O) groups is 1. The Balaban J connectivity index is 1.87. The summed E-state index contributed by atoms with van der Waals surface area (Å²) in [6, 6.07) is 16.5. The number of anilines is 2. The molecule has 1 aromatic heterocycles. The van der Waals surface area contributed by atoms with Gasteiger partial charge in [0, 0.05) is 57.9 Å². The van der Waals surface area contributed by atoms with Gasteiger partial charge in [-0.25, -0.2) is 4.85 Å². The molecule has 0 unspecified atom stereocenters. The number of piperazine rings is 1. The third kappa shape index (κ3) is 5.02. The van der Waals surface area contributed by atoms with Crippen LogP contribution in [0, 0.1) is 6.57 Å². The molecule has 2 N–H and O–H groups in total. The number of halogens is 2. The van der Waals surface area contributed by atoms with Crippen LogP contribution in [-0.4, -0.2) is 41.1 Å². The molecular formula is C33H31Cl2N5O2. The number of para-hydroxylation sites is 1. The number of benzene rings is 3. The Kier molecular flexibility index (Phi) is 8.05. The maximum atomic E-state index is 14.4. The lowest BCUT2D eigenvalue weighted by Crippen LogP contribution is -2.53. The lowest BCUT2D eigenvalue weighted by atomic mass is 9.98. The highest BCUT2D eigenvalue weighted by Gasteiger charge is 2.31. The van der Waals surface area contributed by atoms with E-state index in [2.05, 4.69) is 25.3 Å². The molecule has 1 saturated heterocycles. The van der Waals surface area contributed by atoms with Gasteiger partial charge < -0.3 is 15.5 Å². The highest BCUT2D eigenvalue weighted by Crippen LogP contribution is 2.43. The first-order valence-corrected chi connectivity index (χ1v) is 14.4. The van der Waals surface area contributed by atoms with E-state index >= 15 is 0 Å². The van der Waals surface area contributed by atoms with Crippen molar-refractivity contribution in [1.82, 2.24) is 9.47 Å². The molecule has 0 aliphatic carbocycles. The number of hydrogen-bond donors (Lipinski definition) is 1. The number of fused-ring (bicyclic) bond motifs is 1. The molecule has 9 heteroatoms. The fourth-order valence-corrected chi connectivity index (χ4v) is 6.24. The van der Waals surface area contributed by atoms with Gasteiger partial charge >= 0.3 is 0 Å². The highest BCUT2D eigenvalue weighted by molar-refractivity contribution is 6.35. The molecule has 0 radical (unpaired) electrons. The zero-order chi connectivity index (χ0) is 30.3. The van der Waals surface area contributed by atoms with Crippen molar-refractivity contribution in [2.24, 2.45) is 0 Å². The fourth-order valence-electron chi connectivity index (χ4n) is 5.80. The number of nitrogens with two attached hydrogens (primary N) is 1. The van der Waals surface area contributed by atoms with Crippen molar-refractivity contribution in [3.05, 3.63) is 105 Å². The maximum Gasteiger partial charge on any atom is 0.274 e. The molecule has 1 aliphatic rings. The monoisotopic (exact) mass is 599 g/mol. The summed E-state index contributed by atoms with van der Waals surface area (Å²) in [6.07, 6.45) is 1.31. The van der Waals surface area contributed by atoms with Crippen LogP contribution in [0.15, 0.2) is 72.0 Å². The van der Waals surface area contributed by atoms with Crippen molar-refractivity contribution in [2.75, 3.05) is 30.3 Å². The van der Waals surface area contributed by atoms with Gasteiger partial charge in [0.15, 0.2) is 0 Å². The molecule has 214 valence electrons. The van der Waals surface area contributed by atoms with Gasteiger partial charge in [0.2, 0.25) is 5.91 Å². The van der Waals surface area contributed by atoms with Gasteiger partial charge in [-0.05, 0) is 54.8 Å². The molecule has 0 bridgehead atoms. The number of rotatable bonds is 5. The van der Waals surface area contributed by atoms with Crippen molar-refractivity contribution in [1.29, 1.82) is 0 Å². The van der Waals surface area contributed by atoms with Gasteiger partial charge in [-0.15, -0.1) is 0 Å². The third-order valence-corrected chi connectivity index (χ3v) is 8.38. The zero-order valence-corrected chi connectivity index (χ0v) is 25.2. The van der Waals surface area contributed by atoms with E-state index in [1.807, 2.05) is 54.3 Å². The standard InChI is InChI=1S/C33H31Cl2N5O2/c1-6-30(41)38-13-14-39(20(4)18-38)32-25-16-26(35)24(23-12-11-21(34)15-27(23)36)17-29(25)40(33(42)31(32)37-5)28-10-8-7-9-22(28)19(2)3/h6-12,15-17,19-20H,1,13-14,18,36H2,2-4H3/t20-/m0/s1. The van der Waals surface area contributed by atoms with Crippen molar-refractivity contribution in [2.45, 2.75) is 32.7 Å². The van der Waals surface area contributed by atoms with Gasteiger partial charge in [0.25, 0.3) is 11.2 Å². The molecule has 5 rings (SSSR count). The van der Waals surface area contributed by atoms with Crippen LogP contribution in [0.3, 0.4) is 0 Å². The summed E-state index contributed by atoms with van der Waals surface area (Å²) in [5.74, 6) is -0.0286. The smallest absolute Gasteiger partial charge is 0.274 e. The Morgan fingerprint density at radius 2 is 1.86 bits per heavy atom. The topological polar surface area (TPSA) is 75.9 Å². The van der Waals surface area contributed by atoms with Crippen LogP contribution in [0.2, 0.25) is 10.0 Å². The summed E-state index contributed by atoms with van der Waals surface area (Å²) >= 11 is 13.1. The minimum absolute atomic E-state index is 0.00577. The van der Waals surface area contributed by atoms with E-state index in [0.717, 1.165) is 5.56 Å². The van der Waals surface area contributed by atoms with Crippen LogP contribution in [-0.2, 0) is 4.79 Å². The molecule has 1 amide bonds. The Bertz CT molecular complexity index is 1840. The molecule has 42 heavy (non-hydrogen) atoms. The average Bonchev–Trinajstić information content (AvgIpc) is 2.96. The second-order valence-electron chi connectivity index (χ2n) is 10.8. The second-order valence-corrected chi connectivity index (χ2v) is 11.6. The van der Waals surface area contributed by atoms with Crippen LogP contribution in [0.4, 0.5) is 17.1 Å². The third-order valence-electron chi connectivity index (χ3n) is 7.83. The first-order valence-electron chi connectivity index (χ1n) is 13.7. The van der Waals surface area contributed by atoms with Gasteiger partial charge in [-0.1, -0.05) is 67.9 Å². The first kappa shape index (κ1) is 29.2. The second kappa shape index (κ2) is 11.6. The predicted octanol–water partition coefficient (Wildman–Crippen LogP) is 7.44. The van der Waals surface area contributed by atoms with E-state index in [-0.39, 0.29) is 23.6 Å². The summed E-state index contributed by atoms with van der Waals surface area (Å²) in [4.78, 5) is 34.3. The number of carbonyl (C=O) groups excluding carboxylic acids is 1. The summed E-state index contributed by atoms with van der Waals surface area (Å²) in [5, 5.41) is 1.59. The van der Waals surface area contributed by atoms with E-state index in [0.29, 0.717) is 68.8 Å². The Labute approximate surface area is 255 Å². The number of nitrogens with zero attached hydrogens (tertiary/aromatic N) is 4. The first-order chi connectivity index (χ1) is 20.1.